The number of aryl methyl sites for hydroxylation is 2. The normalized spacial score (nSPS) is 13.1. The van der Waals surface area contributed by atoms with Crippen LogP contribution in [0.4, 0.5) is 5.13 Å². The maximum absolute atomic E-state index is 5.38. The van der Waals surface area contributed by atoms with E-state index in [2.05, 4.69) is 55.2 Å². The van der Waals surface area contributed by atoms with Crippen LogP contribution in [0.15, 0.2) is 47.5 Å². The Hall–Kier alpha value is -2.46. The molecule has 0 aliphatic heterocycles. The summed E-state index contributed by atoms with van der Waals surface area (Å²) in [7, 11) is 1.70. The zero-order chi connectivity index (χ0) is 18.1. The number of aliphatic imine (C=N–C) groups is 1. The van der Waals surface area contributed by atoms with E-state index in [9.17, 15) is 0 Å². The average Bonchev–Trinajstić information content (AvgIpc) is 3.10. The van der Waals surface area contributed by atoms with Crippen LogP contribution in [0.1, 0.15) is 41.3 Å². The van der Waals surface area contributed by atoms with Crippen molar-refractivity contribution in [2.75, 3.05) is 7.11 Å². The molecule has 0 unspecified atom stereocenters. The minimum absolute atomic E-state index is 0.545. The van der Waals surface area contributed by atoms with Gasteiger partial charge in [0.1, 0.15) is 5.75 Å². The third kappa shape index (κ3) is 3.29. The lowest BCUT2D eigenvalue weighted by molar-refractivity contribution is 0.415. The Morgan fingerprint density at radius 2 is 1.92 bits per heavy atom. The molecule has 1 aliphatic carbocycles. The predicted molar refractivity (Wildman–Crippen MR) is 109 cm³/mol. The second-order valence-corrected chi connectivity index (χ2v) is 7.93. The summed E-state index contributed by atoms with van der Waals surface area (Å²) in [6.45, 7) is 4.41. The number of aromatic nitrogens is 1. The lowest BCUT2D eigenvalue weighted by Crippen LogP contribution is -2.02. The van der Waals surface area contributed by atoms with E-state index < -0.39 is 0 Å². The molecule has 0 bridgehead atoms. The maximum atomic E-state index is 5.38. The maximum Gasteiger partial charge on any atom is 0.209 e. The topological polar surface area (TPSA) is 34.5 Å². The van der Waals surface area contributed by atoms with Crippen LogP contribution in [0, 0.1) is 0 Å². The quantitative estimate of drug-likeness (QED) is 0.550. The third-order valence-corrected chi connectivity index (χ3v) is 5.83. The number of hydrogen-bond donors (Lipinski definition) is 0. The van der Waals surface area contributed by atoms with Crippen LogP contribution < -0.4 is 4.74 Å². The SMILES string of the molecule is COc1ccc2c(c1)-c1nc(N=Cc3ccc(C(C)C)cc3)sc1CC2. The van der Waals surface area contributed by atoms with Crippen molar-refractivity contribution >= 4 is 22.7 Å². The van der Waals surface area contributed by atoms with E-state index in [0.717, 1.165) is 35.0 Å². The molecule has 0 N–H and O–H groups in total. The van der Waals surface area contributed by atoms with Crippen LogP contribution in [0.25, 0.3) is 11.3 Å². The molecule has 0 spiro atoms. The van der Waals surface area contributed by atoms with Crippen molar-refractivity contribution in [2.45, 2.75) is 32.6 Å². The van der Waals surface area contributed by atoms with Gasteiger partial charge in [0.15, 0.2) is 0 Å². The van der Waals surface area contributed by atoms with Gasteiger partial charge < -0.3 is 4.74 Å². The Labute approximate surface area is 158 Å². The monoisotopic (exact) mass is 362 g/mol. The van der Waals surface area contributed by atoms with Gasteiger partial charge in [-0.3, -0.25) is 0 Å². The summed E-state index contributed by atoms with van der Waals surface area (Å²) < 4.78 is 5.38. The molecule has 1 aromatic heterocycles. The summed E-state index contributed by atoms with van der Waals surface area (Å²) in [5.74, 6) is 1.42. The second-order valence-electron chi connectivity index (χ2n) is 6.87. The Bertz CT molecular complexity index is 955. The number of ether oxygens (including phenoxy) is 1. The van der Waals surface area contributed by atoms with Crippen LogP contribution in [-0.2, 0) is 12.8 Å². The van der Waals surface area contributed by atoms with E-state index in [4.69, 9.17) is 9.72 Å². The number of benzene rings is 2. The molecule has 0 radical (unpaired) electrons. The third-order valence-electron chi connectivity index (χ3n) is 4.81. The highest BCUT2D eigenvalue weighted by Gasteiger charge is 2.21. The first-order chi connectivity index (χ1) is 12.6. The molecule has 3 nitrogen and oxygen atoms in total. The van der Waals surface area contributed by atoms with E-state index in [1.165, 1.54) is 21.6 Å². The van der Waals surface area contributed by atoms with Gasteiger partial charge in [-0.15, -0.1) is 0 Å². The van der Waals surface area contributed by atoms with Crippen molar-refractivity contribution in [3.8, 4) is 17.0 Å². The van der Waals surface area contributed by atoms with Crippen molar-refractivity contribution in [3.05, 3.63) is 64.0 Å². The number of nitrogens with zero attached hydrogens (tertiary/aromatic N) is 2. The van der Waals surface area contributed by atoms with Crippen LogP contribution >= 0.6 is 11.3 Å². The number of methoxy groups -OCH3 is 1. The molecule has 3 aromatic rings. The van der Waals surface area contributed by atoms with Crippen molar-refractivity contribution in [1.29, 1.82) is 0 Å². The van der Waals surface area contributed by atoms with Crippen molar-refractivity contribution in [2.24, 2.45) is 4.99 Å². The van der Waals surface area contributed by atoms with Gasteiger partial charge in [-0.25, -0.2) is 9.98 Å². The molecule has 1 aliphatic rings. The number of hydrogen-bond acceptors (Lipinski definition) is 4. The molecule has 26 heavy (non-hydrogen) atoms. The van der Waals surface area contributed by atoms with Gasteiger partial charge in [-0.2, -0.15) is 0 Å². The van der Waals surface area contributed by atoms with Crippen LogP contribution in [0.5, 0.6) is 5.75 Å². The first kappa shape index (κ1) is 17.0. The van der Waals surface area contributed by atoms with E-state index in [0.29, 0.717) is 5.92 Å². The van der Waals surface area contributed by atoms with Crippen LogP contribution in [-0.4, -0.2) is 18.3 Å². The molecule has 0 amide bonds. The van der Waals surface area contributed by atoms with Gasteiger partial charge in [0.2, 0.25) is 5.13 Å². The fourth-order valence-electron chi connectivity index (χ4n) is 3.24. The molecule has 0 atom stereocenters. The van der Waals surface area contributed by atoms with E-state index in [1.54, 1.807) is 18.4 Å². The molecular weight excluding hydrogens is 340 g/mol. The van der Waals surface area contributed by atoms with E-state index >= 15 is 0 Å². The Morgan fingerprint density at radius 1 is 1.12 bits per heavy atom. The minimum Gasteiger partial charge on any atom is -0.497 e. The minimum atomic E-state index is 0.545. The Balaban J connectivity index is 1.61. The predicted octanol–water partition coefficient (Wildman–Crippen LogP) is 5.79. The zero-order valence-electron chi connectivity index (χ0n) is 15.3. The van der Waals surface area contributed by atoms with Crippen LogP contribution in [0.2, 0.25) is 0 Å². The smallest absolute Gasteiger partial charge is 0.209 e. The van der Waals surface area contributed by atoms with Gasteiger partial charge in [0, 0.05) is 16.7 Å². The summed E-state index contributed by atoms with van der Waals surface area (Å²) in [4.78, 5) is 10.7. The highest BCUT2D eigenvalue weighted by Crippen LogP contribution is 2.40. The standard InChI is InChI=1S/C22H22N2OS/c1-14(2)16-6-4-15(5-7-16)13-23-22-24-21-19-12-18(25-3)10-8-17(19)9-11-20(21)26-22/h4-8,10,12-14H,9,11H2,1-3H3. The number of thiazole rings is 1. The Kier molecular flexibility index (Phi) is 4.60. The summed E-state index contributed by atoms with van der Waals surface area (Å²) in [5.41, 5.74) is 6.03. The first-order valence-electron chi connectivity index (χ1n) is 8.95. The summed E-state index contributed by atoms with van der Waals surface area (Å²) in [6, 6.07) is 14.8. The molecular formula is C22H22N2OS. The molecule has 4 heteroatoms. The van der Waals surface area contributed by atoms with Gasteiger partial charge >= 0.3 is 0 Å². The van der Waals surface area contributed by atoms with Crippen LogP contribution in [0.3, 0.4) is 0 Å². The molecule has 4 rings (SSSR count). The summed E-state index contributed by atoms with van der Waals surface area (Å²) in [5, 5.41) is 0.818. The molecule has 2 aromatic carbocycles. The summed E-state index contributed by atoms with van der Waals surface area (Å²) >= 11 is 1.69. The highest BCUT2D eigenvalue weighted by molar-refractivity contribution is 7.15. The largest absolute Gasteiger partial charge is 0.497 e. The zero-order valence-corrected chi connectivity index (χ0v) is 16.1. The lowest BCUT2D eigenvalue weighted by atomic mass is 9.93. The lowest BCUT2D eigenvalue weighted by Gasteiger charge is -2.15. The summed E-state index contributed by atoms with van der Waals surface area (Å²) in [6.07, 6.45) is 3.99. The van der Waals surface area contributed by atoms with Crippen molar-refractivity contribution < 1.29 is 4.74 Å². The molecule has 1 heterocycles. The first-order valence-corrected chi connectivity index (χ1v) is 9.76. The van der Waals surface area contributed by atoms with Crippen molar-refractivity contribution in [3.63, 3.8) is 0 Å². The number of fused-ring (bicyclic) bond motifs is 3. The highest BCUT2D eigenvalue weighted by atomic mass is 32.1. The Morgan fingerprint density at radius 3 is 2.65 bits per heavy atom. The molecule has 0 fully saturated rings. The molecule has 0 saturated carbocycles. The van der Waals surface area contributed by atoms with Gasteiger partial charge in [0.05, 0.1) is 12.8 Å². The average molecular weight is 362 g/mol. The fraction of sp³-hybridized carbons (Fsp3) is 0.273. The fourth-order valence-corrected chi connectivity index (χ4v) is 4.16. The second kappa shape index (κ2) is 7.04. The van der Waals surface area contributed by atoms with Gasteiger partial charge in [-0.1, -0.05) is 55.5 Å². The van der Waals surface area contributed by atoms with E-state index in [-0.39, 0.29) is 0 Å². The van der Waals surface area contributed by atoms with Crippen molar-refractivity contribution in [1.82, 2.24) is 4.98 Å². The number of rotatable bonds is 4. The molecule has 0 saturated heterocycles. The van der Waals surface area contributed by atoms with Gasteiger partial charge in [0.25, 0.3) is 0 Å². The molecule has 132 valence electrons. The van der Waals surface area contributed by atoms with E-state index in [1.807, 2.05) is 12.3 Å². The van der Waals surface area contributed by atoms with Gasteiger partial charge in [-0.05, 0) is 47.6 Å².